The fourth-order valence-corrected chi connectivity index (χ4v) is 11.3. The second-order valence-corrected chi connectivity index (χ2v) is 26.3. The van der Waals surface area contributed by atoms with E-state index in [1.165, 1.54) is 128 Å². The van der Waals surface area contributed by atoms with E-state index in [0.717, 1.165) is 80.5 Å². The number of carbonyl (C=O) groups excluding carboxylic acids is 5. The lowest BCUT2D eigenvalue weighted by atomic mass is 9.90. The molecule has 2 atom stereocenters. The lowest BCUT2D eigenvalue weighted by Gasteiger charge is -2.40. The number of unbranched alkanes of at least 4 members (excludes halogenated alkanes) is 24. The second kappa shape index (κ2) is 44.1. The Hall–Kier alpha value is -4.39. The van der Waals surface area contributed by atoms with Crippen LogP contribution >= 0.6 is 11.6 Å². The molecule has 1 heterocycles. The second-order valence-electron chi connectivity index (χ2n) is 25.9. The number of benzene rings is 1. The van der Waals surface area contributed by atoms with Crippen LogP contribution in [0, 0.1) is 11.8 Å². The molecule has 1 unspecified atom stereocenters. The molecule has 13 nitrogen and oxygen atoms in total. The van der Waals surface area contributed by atoms with Crippen LogP contribution in [0.25, 0.3) is 0 Å². The molecule has 1 aliphatic carbocycles. The molecule has 0 bridgehead atoms. The molecule has 0 radical (unpaired) electrons. The fraction of sp³-hybridized carbons (Fsp3) is 0.771. The maximum Gasteiger partial charge on any atom is 0.306 e. The third-order valence-corrected chi connectivity index (χ3v) is 16.1. The lowest BCUT2D eigenvalue weighted by molar-refractivity contribution is -0.168. The van der Waals surface area contributed by atoms with Gasteiger partial charge in [-0.15, -0.1) is 0 Å². The van der Waals surface area contributed by atoms with Gasteiger partial charge in [-0.2, -0.15) is 0 Å². The number of carbonyl (C=O) groups is 5. The van der Waals surface area contributed by atoms with Crippen molar-refractivity contribution in [2.75, 3.05) is 30.0 Å². The van der Waals surface area contributed by atoms with Crippen molar-refractivity contribution in [3.8, 4) is 0 Å². The van der Waals surface area contributed by atoms with Crippen molar-refractivity contribution in [2.45, 2.75) is 317 Å². The minimum atomic E-state index is -0.958. The average Bonchev–Trinajstić information content (AvgIpc) is 3.56. The Morgan fingerprint density at radius 3 is 1.52 bits per heavy atom. The van der Waals surface area contributed by atoms with E-state index < -0.39 is 17.7 Å². The summed E-state index contributed by atoms with van der Waals surface area (Å²) in [7, 11) is 0. The van der Waals surface area contributed by atoms with Gasteiger partial charge in [-0.05, 0) is 107 Å². The number of nitrogens with zero attached hydrogens (tertiary/aromatic N) is 2. The van der Waals surface area contributed by atoms with Crippen LogP contribution in [0.4, 0.5) is 17.1 Å². The van der Waals surface area contributed by atoms with Crippen LogP contribution < -0.4 is 10.2 Å². The number of hydrogen-bond acceptors (Lipinski definition) is 13. The molecule has 14 heteroatoms. The molecule has 0 spiro atoms. The molecule has 1 fully saturated rings. The first-order valence-electron chi connectivity index (χ1n) is 33.6. The van der Waals surface area contributed by atoms with Crippen LogP contribution in [0.3, 0.4) is 0 Å². The van der Waals surface area contributed by atoms with Gasteiger partial charge in [0, 0.05) is 38.3 Å². The highest BCUT2D eigenvalue weighted by Gasteiger charge is 2.31. The minimum absolute atomic E-state index is 0.0364. The summed E-state index contributed by atoms with van der Waals surface area (Å²) in [5.74, 6) is -2.00. The normalized spacial score (nSPS) is 15.1. The Morgan fingerprint density at radius 2 is 1.07 bits per heavy atom. The molecule has 0 amide bonds. The van der Waals surface area contributed by atoms with E-state index in [9.17, 15) is 24.0 Å². The molecule has 0 aliphatic heterocycles. The summed E-state index contributed by atoms with van der Waals surface area (Å²) in [6, 6.07) is 10.2. The van der Waals surface area contributed by atoms with E-state index in [2.05, 4.69) is 61.1 Å². The molecule has 3 rings (SSSR count). The predicted octanol–water partition coefficient (Wildman–Crippen LogP) is 19.0. The molecule has 2 aromatic rings. The highest BCUT2D eigenvalue weighted by Crippen LogP contribution is 2.38. The van der Waals surface area contributed by atoms with E-state index in [0.29, 0.717) is 23.9 Å². The van der Waals surface area contributed by atoms with Crippen LogP contribution in [0.1, 0.15) is 299 Å². The summed E-state index contributed by atoms with van der Waals surface area (Å²) in [6.45, 7) is 18.8. The predicted molar refractivity (Wildman–Crippen MR) is 343 cm³/mol. The lowest BCUT2D eigenvalue weighted by Crippen LogP contribution is -2.42. The van der Waals surface area contributed by atoms with E-state index >= 15 is 0 Å². The van der Waals surface area contributed by atoms with Gasteiger partial charge < -0.3 is 33.9 Å². The van der Waals surface area contributed by atoms with E-state index in [-0.39, 0.29) is 93.2 Å². The topological polar surface area (TPSA) is 160 Å². The Bertz CT molecular complexity index is 2060. The van der Waals surface area contributed by atoms with Crippen molar-refractivity contribution < 1.29 is 47.7 Å². The first-order chi connectivity index (χ1) is 40.3. The smallest absolute Gasteiger partial charge is 0.306 e. The van der Waals surface area contributed by atoms with Crippen molar-refractivity contribution in [2.24, 2.45) is 11.8 Å². The summed E-state index contributed by atoms with van der Waals surface area (Å²) in [5.41, 5.74) is 3.14. The number of hydrogen-bond donors (Lipinski definition) is 1. The van der Waals surface area contributed by atoms with Crippen molar-refractivity contribution in [3.63, 3.8) is 0 Å². The van der Waals surface area contributed by atoms with Gasteiger partial charge in [-0.25, -0.2) is 4.98 Å². The van der Waals surface area contributed by atoms with Crippen LogP contribution in [-0.4, -0.2) is 78.4 Å². The SMILES string of the molecule is CCCCCCCCCCCCCCCC(=O)OCC(COC(=O)CCCCCCCCCCCCCCC)OC(=O)CC(C)CC(=O)OC1CCC(N(CC(C)C)c2ccc([C@H](C)CC(=O)OC(C)(C)C)cc2Nc2ccc(Cl)nc2)CC1. The Balaban J connectivity index is 1.52. The summed E-state index contributed by atoms with van der Waals surface area (Å²) in [5, 5.41) is 4.00. The molecule has 1 aromatic carbocycles. The average molecular weight is 1200 g/mol. The van der Waals surface area contributed by atoms with Crippen LogP contribution in [-0.2, 0) is 47.7 Å². The van der Waals surface area contributed by atoms with E-state index in [1.54, 1.807) is 12.3 Å². The zero-order valence-electron chi connectivity index (χ0n) is 54.2. The minimum Gasteiger partial charge on any atom is -0.462 e. The van der Waals surface area contributed by atoms with Crippen molar-refractivity contribution >= 4 is 58.5 Å². The summed E-state index contributed by atoms with van der Waals surface area (Å²) < 4.78 is 28.8. The first-order valence-corrected chi connectivity index (χ1v) is 33.9. The molecular formula is C70H116ClN3O10. The zero-order valence-corrected chi connectivity index (χ0v) is 54.9. The Kier molecular flexibility index (Phi) is 38.8. The van der Waals surface area contributed by atoms with Gasteiger partial charge in [0.05, 0.1) is 29.7 Å². The van der Waals surface area contributed by atoms with Gasteiger partial charge in [0.25, 0.3) is 0 Å². The number of esters is 5. The first kappa shape index (κ1) is 73.9. The van der Waals surface area contributed by atoms with Gasteiger partial charge in [0.15, 0.2) is 6.10 Å². The van der Waals surface area contributed by atoms with Crippen LogP contribution in [0.15, 0.2) is 36.5 Å². The molecule has 0 saturated heterocycles. The quantitative estimate of drug-likeness (QED) is 0.0289. The standard InChI is InChI=1S/C70H116ClN3O10/c1-10-12-14-16-18-20-22-24-26-28-30-32-34-36-65(75)80-52-61(53-81-66(76)37-35-33-31-29-27-25-23-21-19-17-15-13-11-2)83-68(78)47-55(5)46-67(77)82-60-42-40-59(41-43-60)74(51-54(3)4)63-44-38-57(56(6)48-69(79)84-70(7,8)9)49-62(63)73-58-39-45-64(71)72-50-58/h38-39,44-45,49-50,54-56,59-61,73H,10-37,40-43,46-48,51-53H2,1-9H3/t55?,56-,59?,60?/m1/s1. The molecule has 84 heavy (non-hydrogen) atoms. The van der Waals surface area contributed by atoms with E-state index in [1.807, 2.05) is 40.7 Å². The third-order valence-electron chi connectivity index (χ3n) is 15.9. The van der Waals surface area contributed by atoms with Crippen molar-refractivity contribution in [3.05, 3.63) is 47.2 Å². The van der Waals surface area contributed by atoms with Crippen LogP contribution in [0.5, 0.6) is 0 Å². The third kappa shape index (κ3) is 35.3. The highest BCUT2D eigenvalue weighted by molar-refractivity contribution is 6.29. The number of pyridine rings is 1. The number of aromatic nitrogens is 1. The van der Waals surface area contributed by atoms with Gasteiger partial charge in [0.1, 0.15) is 30.1 Å². The highest BCUT2D eigenvalue weighted by atomic mass is 35.5. The Labute approximate surface area is 514 Å². The number of nitrogens with one attached hydrogen (secondary N) is 1. The maximum absolute atomic E-state index is 13.4. The van der Waals surface area contributed by atoms with Crippen molar-refractivity contribution in [1.29, 1.82) is 0 Å². The molecule has 1 N–H and O–H groups in total. The molecule has 1 saturated carbocycles. The monoisotopic (exact) mass is 1190 g/mol. The van der Waals surface area contributed by atoms with Crippen molar-refractivity contribution in [1.82, 2.24) is 4.98 Å². The zero-order chi connectivity index (χ0) is 61.4. The number of halogens is 1. The summed E-state index contributed by atoms with van der Waals surface area (Å²) in [4.78, 5) is 72.2. The van der Waals surface area contributed by atoms with Gasteiger partial charge in [-0.1, -0.05) is 213 Å². The summed E-state index contributed by atoms with van der Waals surface area (Å²) in [6.07, 6.45) is 35.8. The fourth-order valence-electron chi connectivity index (χ4n) is 11.2. The Morgan fingerprint density at radius 1 is 0.595 bits per heavy atom. The number of anilines is 3. The largest absolute Gasteiger partial charge is 0.462 e. The summed E-state index contributed by atoms with van der Waals surface area (Å²) >= 11 is 6.16. The molecule has 478 valence electrons. The number of ether oxygens (including phenoxy) is 5. The van der Waals surface area contributed by atoms with Crippen LogP contribution in [0.2, 0.25) is 5.15 Å². The van der Waals surface area contributed by atoms with E-state index in [4.69, 9.17) is 35.3 Å². The maximum atomic E-state index is 13.4. The molecular weight excluding hydrogens is 1080 g/mol. The van der Waals surface area contributed by atoms with Gasteiger partial charge in [0.2, 0.25) is 0 Å². The number of rotatable bonds is 47. The van der Waals surface area contributed by atoms with Gasteiger partial charge >= 0.3 is 29.8 Å². The molecule has 1 aromatic heterocycles. The molecule has 1 aliphatic rings. The van der Waals surface area contributed by atoms with Gasteiger partial charge in [-0.3, -0.25) is 24.0 Å².